The maximum Gasteiger partial charge on any atom is 0.244 e. The summed E-state index contributed by atoms with van der Waals surface area (Å²) in [4.78, 5) is 12.0. The molecule has 20 heavy (non-hydrogen) atoms. The summed E-state index contributed by atoms with van der Waals surface area (Å²) in [6, 6.07) is 4.60. The zero-order chi connectivity index (χ0) is 15.1. The second kappa shape index (κ2) is 5.02. The summed E-state index contributed by atoms with van der Waals surface area (Å²) in [6.45, 7) is 5.54. The lowest BCUT2D eigenvalue weighted by Crippen LogP contribution is -2.63. The maximum absolute atomic E-state index is 12.7. The van der Waals surface area contributed by atoms with E-state index in [0.717, 1.165) is 5.56 Å². The third-order valence-corrected chi connectivity index (χ3v) is 5.99. The monoisotopic (exact) mass is 316 g/mol. The molecule has 0 radical (unpaired) electrons. The zero-order valence-corrected chi connectivity index (χ0v) is 13.2. The lowest BCUT2D eigenvalue weighted by atomic mass is 10.0. The molecule has 110 valence electrons. The van der Waals surface area contributed by atoms with E-state index >= 15 is 0 Å². The van der Waals surface area contributed by atoms with E-state index in [2.05, 4.69) is 5.32 Å². The largest absolute Gasteiger partial charge is 0.353 e. The van der Waals surface area contributed by atoms with Crippen molar-refractivity contribution in [2.24, 2.45) is 0 Å². The van der Waals surface area contributed by atoms with Crippen molar-refractivity contribution in [1.82, 2.24) is 9.62 Å². The van der Waals surface area contributed by atoms with E-state index < -0.39 is 15.6 Å². The van der Waals surface area contributed by atoms with Crippen molar-refractivity contribution in [2.75, 3.05) is 13.1 Å². The van der Waals surface area contributed by atoms with Gasteiger partial charge in [-0.05, 0) is 38.5 Å². The highest BCUT2D eigenvalue weighted by atomic mass is 35.5. The molecule has 0 aromatic heterocycles. The van der Waals surface area contributed by atoms with Gasteiger partial charge in [0, 0.05) is 18.1 Å². The van der Waals surface area contributed by atoms with Gasteiger partial charge in [-0.2, -0.15) is 4.31 Å². The highest BCUT2D eigenvalue weighted by Gasteiger charge is 2.44. The molecule has 1 aromatic rings. The number of aryl methyl sites for hydroxylation is 1. The second-order valence-electron chi connectivity index (χ2n) is 5.30. The number of nitrogens with one attached hydrogen (secondary N) is 1. The van der Waals surface area contributed by atoms with Gasteiger partial charge in [-0.15, -0.1) is 0 Å². The number of rotatable bonds is 2. The number of hydrogen-bond donors (Lipinski definition) is 1. The lowest BCUT2D eigenvalue weighted by molar-refractivity contribution is -0.131. The molecule has 2 rings (SSSR count). The van der Waals surface area contributed by atoms with Gasteiger partial charge in [0.15, 0.2) is 0 Å². The average molecular weight is 317 g/mol. The van der Waals surface area contributed by atoms with Gasteiger partial charge >= 0.3 is 0 Å². The molecule has 0 saturated carbocycles. The van der Waals surface area contributed by atoms with E-state index in [1.807, 2.05) is 0 Å². The van der Waals surface area contributed by atoms with Gasteiger partial charge in [-0.3, -0.25) is 4.79 Å². The Morgan fingerprint density at radius 1 is 1.35 bits per heavy atom. The Balaban J connectivity index is 2.49. The fourth-order valence-corrected chi connectivity index (χ4v) is 4.18. The van der Waals surface area contributed by atoms with Crippen LogP contribution < -0.4 is 5.32 Å². The third-order valence-electron chi connectivity index (χ3n) is 3.51. The van der Waals surface area contributed by atoms with Crippen LogP contribution in [-0.4, -0.2) is 37.3 Å². The highest BCUT2D eigenvalue weighted by molar-refractivity contribution is 7.89. The molecule has 5 nitrogen and oxygen atoms in total. The second-order valence-corrected chi connectivity index (χ2v) is 7.57. The van der Waals surface area contributed by atoms with Crippen LogP contribution >= 0.6 is 11.6 Å². The first-order valence-electron chi connectivity index (χ1n) is 6.24. The van der Waals surface area contributed by atoms with Crippen molar-refractivity contribution in [3.8, 4) is 0 Å². The number of carbonyl (C=O) groups excluding carboxylic acids is 1. The van der Waals surface area contributed by atoms with Crippen molar-refractivity contribution in [3.63, 3.8) is 0 Å². The summed E-state index contributed by atoms with van der Waals surface area (Å²) < 4.78 is 26.6. The summed E-state index contributed by atoms with van der Waals surface area (Å²) in [7, 11) is -3.75. The van der Waals surface area contributed by atoms with Crippen LogP contribution in [0, 0.1) is 6.92 Å². The molecular formula is C13H17ClN2O3S. The van der Waals surface area contributed by atoms with E-state index in [4.69, 9.17) is 11.6 Å². The minimum Gasteiger partial charge on any atom is -0.353 e. The highest BCUT2D eigenvalue weighted by Crippen LogP contribution is 2.28. The fourth-order valence-electron chi connectivity index (χ4n) is 2.16. The van der Waals surface area contributed by atoms with Gasteiger partial charge in [0.05, 0.1) is 4.90 Å². The predicted molar refractivity (Wildman–Crippen MR) is 77.2 cm³/mol. The minimum atomic E-state index is -3.75. The lowest BCUT2D eigenvalue weighted by Gasteiger charge is -2.39. The molecule has 0 aliphatic carbocycles. The van der Waals surface area contributed by atoms with Crippen molar-refractivity contribution in [1.29, 1.82) is 0 Å². The Morgan fingerprint density at radius 2 is 2.00 bits per heavy atom. The topological polar surface area (TPSA) is 66.5 Å². The van der Waals surface area contributed by atoms with Crippen LogP contribution in [-0.2, 0) is 14.8 Å². The molecule has 1 N–H and O–H groups in total. The van der Waals surface area contributed by atoms with Crippen LogP contribution in [0.4, 0.5) is 0 Å². The van der Waals surface area contributed by atoms with Crippen molar-refractivity contribution in [2.45, 2.75) is 31.2 Å². The average Bonchev–Trinajstić information content (AvgIpc) is 2.35. The maximum atomic E-state index is 12.7. The fraction of sp³-hybridized carbons (Fsp3) is 0.462. The van der Waals surface area contributed by atoms with E-state index in [0.29, 0.717) is 11.6 Å². The number of hydrogen-bond acceptors (Lipinski definition) is 3. The predicted octanol–water partition coefficient (Wildman–Crippen LogP) is 1.55. The van der Waals surface area contributed by atoms with Gasteiger partial charge < -0.3 is 5.32 Å². The molecule has 1 fully saturated rings. The van der Waals surface area contributed by atoms with Gasteiger partial charge in [0.2, 0.25) is 15.9 Å². The first kappa shape index (κ1) is 15.3. The smallest absolute Gasteiger partial charge is 0.244 e. The Bertz CT molecular complexity index is 656. The molecule has 1 aliphatic rings. The molecule has 0 atom stereocenters. The molecular weight excluding hydrogens is 300 g/mol. The third kappa shape index (κ3) is 2.43. The van der Waals surface area contributed by atoms with Gasteiger partial charge in [-0.25, -0.2) is 8.42 Å². The SMILES string of the molecule is Cc1ccc(S(=O)(=O)N2CCNC(=O)C2(C)C)cc1Cl. The van der Waals surface area contributed by atoms with Crippen LogP contribution in [0.1, 0.15) is 19.4 Å². The Kier molecular flexibility index (Phi) is 3.83. The standard InChI is InChI=1S/C13H17ClN2O3S/c1-9-4-5-10(8-11(9)14)20(18,19)16-7-6-15-12(17)13(16,2)3/h4-5,8H,6-7H2,1-3H3,(H,15,17). The molecule has 0 bridgehead atoms. The van der Waals surface area contributed by atoms with Crippen molar-refractivity contribution in [3.05, 3.63) is 28.8 Å². The van der Waals surface area contributed by atoms with Gasteiger partial charge in [0.25, 0.3) is 0 Å². The molecule has 1 amide bonds. The molecule has 1 aromatic carbocycles. The quantitative estimate of drug-likeness (QED) is 0.900. The molecule has 7 heteroatoms. The van der Waals surface area contributed by atoms with Crippen LogP contribution in [0.2, 0.25) is 5.02 Å². The van der Waals surface area contributed by atoms with E-state index in [-0.39, 0.29) is 17.3 Å². The number of nitrogens with zero attached hydrogens (tertiary/aromatic N) is 1. The van der Waals surface area contributed by atoms with Crippen LogP contribution in [0.15, 0.2) is 23.1 Å². The summed E-state index contributed by atoms with van der Waals surface area (Å²) in [5, 5.41) is 3.07. The Morgan fingerprint density at radius 3 is 2.60 bits per heavy atom. The molecule has 1 heterocycles. The minimum absolute atomic E-state index is 0.107. The number of piperazine rings is 1. The van der Waals surface area contributed by atoms with Crippen LogP contribution in [0.5, 0.6) is 0 Å². The summed E-state index contributed by atoms with van der Waals surface area (Å²) in [5.74, 6) is -0.300. The van der Waals surface area contributed by atoms with E-state index in [9.17, 15) is 13.2 Å². The van der Waals surface area contributed by atoms with Crippen molar-refractivity contribution < 1.29 is 13.2 Å². The van der Waals surface area contributed by atoms with Gasteiger partial charge in [-0.1, -0.05) is 17.7 Å². The number of carbonyl (C=O) groups is 1. The first-order chi connectivity index (χ1) is 9.17. The van der Waals surface area contributed by atoms with Crippen LogP contribution in [0.3, 0.4) is 0 Å². The molecule has 1 saturated heterocycles. The number of amides is 1. The van der Waals surface area contributed by atoms with Gasteiger partial charge in [0.1, 0.15) is 5.54 Å². The molecule has 1 aliphatic heterocycles. The zero-order valence-electron chi connectivity index (χ0n) is 11.6. The first-order valence-corrected chi connectivity index (χ1v) is 8.06. The van der Waals surface area contributed by atoms with Crippen molar-refractivity contribution >= 4 is 27.5 Å². The molecule has 0 unspecified atom stereocenters. The Labute approximate surface area is 124 Å². The number of sulfonamides is 1. The van der Waals surface area contributed by atoms with Crippen LogP contribution in [0.25, 0.3) is 0 Å². The molecule has 0 spiro atoms. The summed E-state index contributed by atoms with van der Waals surface area (Å²) in [5.41, 5.74) is -0.310. The van der Waals surface area contributed by atoms with E-state index in [1.54, 1.807) is 26.8 Å². The van der Waals surface area contributed by atoms with E-state index in [1.165, 1.54) is 16.4 Å². The number of halogens is 1. The number of benzene rings is 1. The summed E-state index contributed by atoms with van der Waals surface area (Å²) >= 11 is 6.00. The summed E-state index contributed by atoms with van der Waals surface area (Å²) in [6.07, 6.45) is 0. The normalized spacial score (nSPS) is 19.7. The Hall–Kier alpha value is -1.11.